The topological polar surface area (TPSA) is 37.3 Å². The van der Waals surface area contributed by atoms with Gasteiger partial charge in [0, 0.05) is 6.42 Å². The molecule has 1 unspecified atom stereocenters. The molecular weight excluding hydrogens is 331 g/mol. The number of carboxylic acids is 1. The van der Waals surface area contributed by atoms with Gasteiger partial charge in [0.05, 0.1) is 5.41 Å². The molecule has 0 rings (SSSR count). The lowest BCUT2D eigenvalue weighted by Crippen LogP contribution is -2.36. The van der Waals surface area contributed by atoms with Gasteiger partial charge < -0.3 is 5.11 Å². The van der Waals surface area contributed by atoms with Crippen molar-refractivity contribution in [3.63, 3.8) is 0 Å². The van der Waals surface area contributed by atoms with Crippen LogP contribution in [0.4, 0.5) is 22.0 Å². The Morgan fingerprint density at radius 3 is 1.67 bits per heavy atom. The number of halogens is 5. The smallest absolute Gasteiger partial charge is 0.453 e. The standard InChI is InChI=1S/C17H29F5O2/c1-3-4-5-6-7-8-11-15(2,14(23)24)12-9-10-13-16(18,19)17(20,21)22/h3-13H2,1-2H3,(H,23,24). The van der Waals surface area contributed by atoms with E-state index in [1.165, 1.54) is 0 Å². The molecule has 0 aliphatic carbocycles. The largest absolute Gasteiger partial charge is 0.481 e. The van der Waals surface area contributed by atoms with Crippen molar-refractivity contribution in [1.29, 1.82) is 0 Å². The highest BCUT2D eigenvalue weighted by Gasteiger charge is 2.56. The second kappa shape index (κ2) is 10.2. The summed E-state index contributed by atoms with van der Waals surface area (Å²) in [5.41, 5.74) is -1.06. The van der Waals surface area contributed by atoms with Crippen molar-refractivity contribution in [2.24, 2.45) is 5.41 Å². The Labute approximate surface area is 140 Å². The molecule has 1 atom stereocenters. The van der Waals surface area contributed by atoms with Gasteiger partial charge in [0.15, 0.2) is 0 Å². The van der Waals surface area contributed by atoms with Gasteiger partial charge in [-0.15, -0.1) is 0 Å². The molecular formula is C17H29F5O2. The summed E-state index contributed by atoms with van der Waals surface area (Å²) in [6.45, 7) is 3.65. The van der Waals surface area contributed by atoms with Crippen molar-refractivity contribution < 1.29 is 31.9 Å². The fourth-order valence-corrected chi connectivity index (χ4v) is 2.64. The minimum absolute atomic E-state index is 0.0459. The Kier molecular flexibility index (Phi) is 9.81. The van der Waals surface area contributed by atoms with E-state index in [2.05, 4.69) is 6.92 Å². The zero-order valence-electron chi connectivity index (χ0n) is 14.5. The molecule has 24 heavy (non-hydrogen) atoms. The Morgan fingerprint density at radius 2 is 1.21 bits per heavy atom. The van der Waals surface area contributed by atoms with Crippen molar-refractivity contribution in [2.75, 3.05) is 0 Å². The van der Waals surface area contributed by atoms with E-state index in [1.807, 2.05) is 0 Å². The maximum atomic E-state index is 12.8. The van der Waals surface area contributed by atoms with Gasteiger partial charge >= 0.3 is 18.1 Å². The highest BCUT2D eigenvalue weighted by molar-refractivity contribution is 5.74. The summed E-state index contributed by atoms with van der Waals surface area (Å²) in [4.78, 5) is 11.4. The van der Waals surface area contributed by atoms with Crippen LogP contribution in [0.15, 0.2) is 0 Å². The molecule has 0 aromatic rings. The number of rotatable bonds is 13. The van der Waals surface area contributed by atoms with Crippen LogP contribution in [0, 0.1) is 5.41 Å². The third-order valence-electron chi connectivity index (χ3n) is 4.48. The molecule has 0 saturated heterocycles. The molecule has 0 aliphatic rings. The summed E-state index contributed by atoms with van der Waals surface area (Å²) in [6, 6.07) is 0. The second-order valence-electron chi connectivity index (χ2n) is 6.79. The average Bonchev–Trinajstić information content (AvgIpc) is 2.46. The van der Waals surface area contributed by atoms with E-state index < -0.39 is 29.9 Å². The summed E-state index contributed by atoms with van der Waals surface area (Å²) in [5.74, 6) is -5.72. The summed E-state index contributed by atoms with van der Waals surface area (Å²) in [7, 11) is 0. The molecule has 0 aromatic carbocycles. The first-order valence-corrected chi connectivity index (χ1v) is 8.64. The number of carbonyl (C=O) groups is 1. The minimum Gasteiger partial charge on any atom is -0.481 e. The van der Waals surface area contributed by atoms with Crippen molar-refractivity contribution >= 4 is 5.97 Å². The van der Waals surface area contributed by atoms with Gasteiger partial charge in [0.25, 0.3) is 0 Å². The van der Waals surface area contributed by atoms with Crippen LogP contribution in [0.2, 0.25) is 0 Å². The SMILES string of the molecule is CCCCCCCCC(C)(CCCCC(F)(F)C(F)(F)F)C(=O)O. The molecule has 0 saturated carbocycles. The average molecular weight is 360 g/mol. The lowest BCUT2D eigenvalue weighted by atomic mass is 9.79. The van der Waals surface area contributed by atoms with Crippen molar-refractivity contribution in [1.82, 2.24) is 0 Å². The molecule has 0 aliphatic heterocycles. The van der Waals surface area contributed by atoms with Crippen LogP contribution < -0.4 is 0 Å². The van der Waals surface area contributed by atoms with Crippen LogP contribution in [0.25, 0.3) is 0 Å². The van der Waals surface area contributed by atoms with E-state index in [-0.39, 0.29) is 19.3 Å². The van der Waals surface area contributed by atoms with E-state index >= 15 is 0 Å². The van der Waals surface area contributed by atoms with Crippen LogP contribution in [-0.4, -0.2) is 23.2 Å². The predicted octanol–water partition coefficient (Wildman–Crippen LogP) is 6.59. The number of hydrogen-bond donors (Lipinski definition) is 1. The molecule has 0 heterocycles. The number of carboxylic acid groups (broad SMARTS) is 1. The Morgan fingerprint density at radius 1 is 0.792 bits per heavy atom. The first-order valence-electron chi connectivity index (χ1n) is 8.64. The fraction of sp³-hybridized carbons (Fsp3) is 0.941. The molecule has 1 N–H and O–H groups in total. The molecule has 0 spiro atoms. The predicted molar refractivity (Wildman–Crippen MR) is 83.2 cm³/mol. The monoisotopic (exact) mass is 360 g/mol. The summed E-state index contributed by atoms with van der Waals surface area (Å²) < 4.78 is 61.9. The van der Waals surface area contributed by atoms with E-state index in [0.29, 0.717) is 6.42 Å². The lowest BCUT2D eigenvalue weighted by molar-refractivity contribution is -0.284. The maximum absolute atomic E-state index is 12.8. The molecule has 144 valence electrons. The van der Waals surface area contributed by atoms with Gasteiger partial charge in [-0.05, 0) is 26.2 Å². The normalized spacial score (nSPS) is 15.3. The van der Waals surface area contributed by atoms with Gasteiger partial charge in [0.1, 0.15) is 0 Å². The summed E-state index contributed by atoms with van der Waals surface area (Å²) >= 11 is 0. The first-order chi connectivity index (χ1) is 11.0. The van der Waals surface area contributed by atoms with Crippen LogP contribution >= 0.6 is 0 Å². The van der Waals surface area contributed by atoms with Crippen LogP contribution in [0.1, 0.15) is 84.5 Å². The van der Waals surface area contributed by atoms with Crippen LogP contribution in [0.3, 0.4) is 0 Å². The Balaban J connectivity index is 4.21. The van der Waals surface area contributed by atoms with Crippen molar-refractivity contribution in [3.8, 4) is 0 Å². The van der Waals surface area contributed by atoms with Crippen LogP contribution in [0.5, 0.6) is 0 Å². The van der Waals surface area contributed by atoms with Gasteiger partial charge in [0.2, 0.25) is 0 Å². The molecule has 0 bridgehead atoms. The van der Waals surface area contributed by atoms with Gasteiger partial charge in [-0.25, -0.2) is 0 Å². The molecule has 0 fully saturated rings. The number of aliphatic carboxylic acids is 1. The quantitative estimate of drug-likeness (QED) is 0.297. The molecule has 0 amide bonds. The third-order valence-corrected chi connectivity index (χ3v) is 4.48. The highest BCUT2D eigenvalue weighted by atomic mass is 19.4. The second-order valence-corrected chi connectivity index (χ2v) is 6.79. The molecule has 0 aromatic heterocycles. The van der Waals surface area contributed by atoms with E-state index in [0.717, 1.165) is 38.5 Å². The third kappa shape index (κ3) is 8.29. The number of alkyl halides is 5. The van der Waals surface area contributed by atoms with E-state index in [1.54, 1.807) is 6.92 Å². The molecule has 7 heteroatoms. The summed E-state index contributed by atoms with van der Waals surface area (Å²) in [6.07, 6.45) is -0.552. The van der Waals surface area contributed by atoms with Crippen molar-refractivity contribution in [2.45, 2.75) is 96.6 Å². The first kappa shape index (κ1) is 23.1. The van der Waals surface area contributed by atoms with Gasteiger partial charge in [-0.3, -0.25) is 4.79 Å². The highest BCUT2D eigenvalue weighted by Crippen LogP contribution is 2.40. The Hall–Kier alpha value is -0.880. The zero-order chi connectivity index (χ0) is 18.9. The van der Waals surface area contributed by atoms with E-state index in [9.17, 15) is 31.9 Å². The number of hydrogen-bond acceptors (Lipinski definition) is 1. The van der Waals surface area contributed by atoms with Gasteiger partial charge in [-0.1, -0.05) is 51.9 Å². The zero-order valence-corrected chi connectivity index (χ0v) is 14.5. The molecule has 0 radical (unpaired) electrons. The molecule has 2 nitrogen and oxygen atoms in total. The maximum Gasteiger partial charge on any atom is 0.453 e. The number of unbranched alkanes of at least 4 members (excludes halogenated alkanes) is 6. The van der Waals surface area contributed by atoms with Gasteiger partial charge in [-0.2, -0.15) is 22.0 Å². The van der Waals surface area contributed by atoms with E-state index in [4.69, 9.17) is 0 Å². The Bertz CT molecular complexity index is 368. The van der Waals surface area contributed by atoms with Crippen LogP contribution in [-0.2, 0) is 4.79 Å². The van der Waals surface area contributed by atoms with Crippen molar-refractivity contribution in [3.05, 3.63) is 0 Å². The summed E-state index contributed by atoms with van der Waals surface area (Å²) in [5, 5.41) is 9.33. The minimum atomic E-state index is -5.54. The lowest BCUT2D eigenvalue weighted by Gasteiger charge is -2.25. The fourth-order valence-electron chi connectivity index (χ4n) is 2.64.